The smallest absolute Gasteiger partial charge is 0.252 e. The highest BCUT2D eigenvalue weighted by atomic mass is 32.2. The van der Waals surface area contributed by atoms with Gasteiger partial charge in [-0.15, -0.1) is 0 Å². The molecule has 0 saturated heterocycles. The highest BCUT2D eigenvalue weighted by Gasteiger charge is 2.27. The first-order valence-electron chi connectivity index (χ1n) is 11.3. The molecular weight excluding hydrogens is 460 g/mol. The van der Waals surface area contributed by atoms with Crippen molar-refractivity contribution < 1.29 is 13.2 Å². The van der Waals surface area contributed by atoms with Crippen LogP contribution >= 0.6 is 0 Å². The van der Waals surface area contributed by atoms with E-state index in [9.17, 15) is 18.0 Å². The van der Waals surface area contributed by atoms with E-state index in [2.05, 4.69) is 4.98 Å². The number of benzene rings is 3. The summed E-state index contributed by atoms with van der Waals surface area (Å²) in [7, 11) is -4.02. The highest BCUT2D eigenvalue weighted by Crippen LogP contribution is 2.24. The van der Waals surface area contributed by atoms with Crippen molar-refractivity contribution >= 4 is 26.7 Å². The number of rotatable bonds is 7. The monoisotopic (exact) mass is 488 g/mol. The van der Waals surface area contributed by atoms with Crippen molar-refractivity contribution in [1.29, 1.82) is 0 Å². The lowest BCUT2D eigenvalue weighted by Gasteiger charge is -2.23. The molecule has 0 spiro atoms. The molecule has 180 valence electrons. The summed E-state index contributed by atoms with van der Waals surface area (Å²) in [5.41, 5.74) is 4.95. The van der Waals surface area contributed by atoms with Crippen molar-refractivity contribution in [3.05, 3.63) is 110 Å². The third kappa shape index (κ3) is 5.26. The predicted octanol–water partition coefficient (Wildman–Crippen LogP) is 5.05. The highest BCUT2D eigenvalue weighted by molar-refractivity contribution is 7.89. The van der Waals surface area contributed by atoms with E-state index < -0.39 is 10.0 Å². The number of hydrogen-bond donors (Lipinski definition) is 1. The molecular formula is C28H28N2O4S. The number of hydrogen-bond acceptors (Lipinski definition) is 4. The molecule has 0 unspecified atom stereocenters. The summed E-state index contributed by atoms with van der Waals surface area (Å²) in [6.45, 7) is 7.25. The van der Waals surface area contributed by atoms with Gasteiger partial charge >= 0.3 is 0 Å². The molecule has 1 aromatic heterocycles. The standard InChI is InChI=1S/C28H28N2O4S/c1-18-8-10-22(11-9-18)16-30(35(33,34)25-7-5-6-23(14-25)21(4)31)17-24-15-26-20(3)12-19(2)13-27(26)29-28(24)32/h5-15H,16-17H2,1-4H3,(H,29,32). The van der Waals surface area contributed by atoms with Gasteiger partial charge < -0.3 is 4.98 Å². The number of nitrogens with one attached hydrogen (secondary N) is 1. The Hall–Kier alpha value is -3.55. The van der Waals surface area contributed by atoms with Crippen LogP contribution in [-0.2, 0) is 23.1 Å². The number of H-pyrrole nitrogens is 1. The van der Waals surface area contributed by atoms with Crippen LogP contribution in [0.5, 0.6) is 0 Å². The maximum absolute atomic E-state index is 13.8. The summed E-state index contributed by atoms with van der Waals surface area (Å²) in [6.07, 6.45) is 0. The van der Waals surface area contributed by atoms with Crippen LogP contribution in [0.15, 0.2) is 76.4 Å². The fourth-order valence-electron chi connectivity index (χ4n) is 4.17. The Labute approximate surface area is 205 Å². The van der Waals surface area contributed by atoms with E-state index in [1.54, 1.807) is 18.2 Å². The fourth-order valence-corrected chi connectivity index (χ4v) is 5.62. The average molecular weight is 489 g/mol. The number of aryl methyl sites for hydroxylation is 3. The number of aromatic amines is 1. The van der Waals surface area contributed by atoms with E-state index in [1.807, 2.05) is 57.2 Å². The van der Waals surface area contributed by atoms with Gasteiger partial charge in [0.1, 0.15) is 0 Å². The molecule has 0 aliphatic heterocycles. The molecule has 0 atom stereocenters. The normalized spacial score (nSPS) is 11.8. The topological polar surface area (TPSA) is 87.3 Å². The molecule has 0 amide bonds. The van der Waals surface area contributed by atoms with Crippen LogP contribution in [-0.4, -0.2) is 23.5 Å². The van der Waals surface area contributed by atoms with Crippen molar-refractivity contribution in [2.24, 2.45) is 0 Å². The summed E-state index contributed by atoms with van der Waals surface area (Å²) in [5.74, 6) is -0.219. The number of sulfonamides is 1. The van der Waals surface area contributed by atoms with Crippen LogP contribution < -0.4 is 5.56 Å². The molecule has 4 aromatic rings. The predicted molar refractivity (Wildman–Crippen MR) is 138 cm³/mol. The first kappa shape index (κ1) is 24.6. The van der Waals surface area contributed by atoms with Gasteiger partial charge in [-0.05, 0) is 68.7 Å². The van der Waals surface area contributed by atoms with Gasteiger partial charge in [0, 0.05) is 35.1 Å². The van der Waals surface area contributed by atoms with Gasteiger partial charge in [-0.25, -0.2) is 8.42 Å². The number of Topliss-reactive ketones (excluding diaryl/α,β-unsaturated/α-hetero) is 1. The Balaban J connectivity index is 1.81. The zero-order valence-corrected chi connectivity index (χ0v) is 21.1. The number of pyridine rings is 1. The van der Waals surface area contributed by atoms with E-state index in [1.165, 1.54) is 23.4 Å². The molecule has 4 rings (SSSR count). The maximum Gasteiger partial charge on any atom is 0.252 e. The lowest BCUT2D eigenvalue weighted by Crippen LogP contribution is -2.32. The molecule has 0 fully saturated rings. The largest absolute Gasteiger partial charge is 0.322 e. The Bertz CT molecular complexity index is 1590. The van der Waals surface area contributed by atoms with E-state index in [4.69, 9.17) is 0 Å². The van der Waals surface area contributed by atoms with Gasteiger partial charge in [0.15, 0.2) is 5.78 Å². The number of nitrogens with zero attached hydrogens (tertiary/aromatic N) is 1. The second-order valence-electron chi connectivity index (χ2n) is 9.01. The zero-order valence-electron chi connectivity index (χ0n) is 20.3. The van der Waals surface area contributed by atoms with Crippen LogP contribution in [0.2, 0.25) is 0 Å². The van der Waals surface area contributed by atoms with Crippen molar-refractivity contribution in [3.63, 3.8) is 0 Å². The van der Waals surface area contributed by atoms with Crippen molar-refractivity contribution in [2.45, 2.75) is 45.7 Å². The van der Waals surface area contributed by atoms with Gasteiger partial charge in [0.05, 0.1) is 4.90 Å². The second kappa shape index (κ2) is 9.60. The van der Waals surface area contributed by atoms with E-state index in [-0.39, 0.29) is 29.3 Å². The summed E-state index contributed by atoms with van der Waals surface area (Å²) in [5, 5.41) is 0.872. The van der Waals surface area contributed by atoms with Gasteiger partial charge in [0.2, 0.25) is 10.0 Å². The molecule has 7 heteroatoms. The molecule has 0 radical (unpaired) electrons. The van der Waals surface area contributed by atoms with Crippen molar-refractivity contribution in [3.8, 4) is 0 Å². The van der Waals surface area contributed by atoms with Gasteiger partial charge in [0.25, 0.3) is 5.56 Å². The number of ketones is 1. The molecule has 3 aromatic carbocycles. The lowest BCUT2D eigenvalue weighted by atomic mass is 10.0. The average Bonchev–Trinajstić information content (AvgIpc) is 2.80. The molecule has 1 heterocycles. The Kier molecular flexibility index (Phi) is 6.74. The molecule has 0 aliphatic carbocycles. The SMILES string of the molecule is CC(=O)c1cccc(S(=O)(=O)N(Cc2ccc(C)cc2)Cc2cc3c(C)cc(C)cc3[nH]c2=O)c1. The number of fused-ring (bicyclic) bond motifs is 1. The van der Waals surface area contributed by atoms with E-state index in [0.717, 1.165) is 33.2 Å². The maximum atomic E-state index is 13.8. The molecule has 6 nitrogen and oxygen atoms in total. The summed E-state index contributed by atoms with van der Waals surface area (Å²) in [6, 6.07) is 19.3. The van der Waals surface area contributed by atoms with Gasteiger partial charge in [-0.2, -0.15) is 4.31 Å². The zero-order chi connectivity index (χ0) is 25.3. The van der Waals surface area contributed by atoms with E-state index >= 15 is 0 Å². The number of aromatic nitrogens is 1. The van der Waals surface area contributed by atoms with Gasteiger partial charge in [-0.3, -0.25) is 9.59 Å². The number of carbonyl (C=O) groups excluding carboxylic acids is 1. The minimum atomic E-state index is -4.02. The summed E-state index contributed by atoms with van der Waals surface area (Å²) >= 11 is 0. The Morgan fingerprint density at radius 1 is 0.886 bits per heavy atom. The second-order valence-corrected chi connectivity index (χ2v) is 10.9. The number of carbonyl (C=O) groups is 1. The summed E-state index contributed by atoms with van der Waals surface area (Å²) < 4.78 is 28.8. The first-order chi connectivity index (χ1) is 16.5. The van der Waals surface area contributed by atoms with Crippen LogP contribution in [0, 0.1) is 20.8 Å². The van der Waals surface area contributed by atoms with Crippen LogP contribution in [0.3, 0.4) is 0 Å². The molecule has 0 aliphatic rings. The molecule has 35 heavy (non-hydrogen) atoms. The van der Waals surface area contributed by atoms with Crippen LogP contribution in [0.4, 0.5) is 0 Å². The molecule has 0 bridgehead atoms. The molecule has 0 saturated carbocycles. The quantitative estimate of drug-likeness (QED) is 0.369. The van der Waals surface area contributed by atoms with Crippen LogP contribution in [0.1, 0.15) is 45.1 Å². The minimum Gasteiger partial charge on any atom is -0.322 e. The third-order valence-electron chi connectivity index (χ3n) is 6.09. The minimum absolute atomic E-state index is 0.0151. The van der Waals surface area contributed by atoms with Crippen molar-refractivity contribution in [1.82, 2.24) is 9.29 Å². The fraction of sp³-hybridized carbons (Fsp3) is 0.214. The lowest BCUT2D eigenvalue weighted by molar-refractivity contribution is 0.101. The van der Waals surface area contributed by atoms with Crippen molar-refractivity contribution in [2.75, 3.05) is 0 Å². The Morgan fingerprint density at radius 2 is 1.60 bits per heavy atom. The molecule has 1 N–H and O–H groups in total. The third-order valence-corrected chi connectivity index (χ3v) is 7.88. The first-order valence-corrected chi connectivity index (χ1v) is 12.8. The van der Waals surface area contributed by atoms with Gasteiger partial charge in [-0.1, -0.05) is 48.0 Å². The Morgan fingerprint density at radius 3 is 2.29 bits per heavy atom. The van der Waals surface area contributed by atoms with Crippen LogP contribution in [0.25, 0.3) is 10.9 Å². The van der Waals surface area contributed by atoms with E-state index in [0.29, 0.717) is 11.1 Å². The summed E-state index contributed by atoms with van der Waals surface area (Å²) in [4.78, 5) is 27.8.